The van der Waals surface area contributed by atoms with Crippen molar-refractivity contribution in [3.8, 4) is 0 Å². The lowest BCUT2D eigenvalue weighted by molar-refractivity contribution is -0.149. The number of benzene rings is 1. The fourth-order valence-corrected chi connectivity index (χ4v) is 8.07. The van der Waals surface area contributed by atoms with E-state index < -0.39 is 20.0 Å². The van der Waals surface area contributed by atoms with Crippen LogP contribution in [0, 0.1) is 11.3 Å². The van der Waals surface area contributed by atoms with Crippen LogP contribution < -0.4 is 0 Å². The zero-order valence-electron chi connectivity index (χ0n) is 19.3. The molecule has 0 aromatic heterocycles. The molecule has 0 radical (unpaired) electrons. The molecule has 11 heteroatoms. The zero-order valence-corrected chi connectivity index (χ0v) is 20.9. The number of nitrogens with zero attached hydrogens (tertiary/aromatic N) is 3. The molecule has 1 aromatic carbocycles. The first-order chi connectivity index (χ1) is 15.6. The lowest BCUT2D eigenvalue weighted by atomic mass is 9.78. The third kappa shape index (κ3) is 4.58. The van der Waals surface area contributed by atoms with Crippen LogP contribution in [0.25, 0.3) is 0 Å². The van der Waals surface area contributed by atoms with Crippen LogP contribution in [0.1, 0.15) is 33.1 Å². The van der Waals surface area contributed by atoms with Gasteiger partial charge in [-0.05, 0) is 43.5 Å². The monoisotopic (exact) mass is 499 g/mol. The van der Waals surface area contributed by atoms with Gasteiger partial charge in [-0.15, -0.1) is 0 Å². The lowest BCUT2D eigenvalue weighted by Crippen LogP contribution is -2.61. The number of likely N-dealkylation sites (tertiary alicyclic amines) is 1. The van der Waals surface area contributed by atoms with Crippen molar-refractivity contribution in [1.29, 1.82) is 0 Å². The van der Waals surface area contributed by atoms with Gasteiger partial charge in [0.15, 0.2) is 0 Å². The van der Waals surface area contributed by atoms with Gasteiger partial charge in [0, 0.05) is 51.3 Å². The average molecular weight is 500 g/mol. The summed E-state index contributed by atoms with van der Waals surface area (Å²) in [5.74, 6) is -0.330. The van der Waals surface area contributed by atoms with Gasteiger partial charge in [0.1, 0.15) is 0 Å². The molecule has 1 unspecified atom stereocenters. The normalized spacial score (nSPS) is 23.7. The van der Waals surface area contributed by atoms with Gasteiger partial charge in [0.2, 0.25) is 26.0 Å². The Bertz CT molecular complexity index is 1070. The van der Waals surface area contributed by atoms with Gasteiger partial charge < -0.3 is 9.64 Å². The van der Waals surface area contributed by atoms with E-state index in [4.69, 9.17) is 4.74 Å². The summed E-state index contributed by atoms with van der Waals surface area (Å²) in [7, 11) is -7.48. The number of carbonyl (C=O) groups is 1. The second-order valence-electron chi connectivity index (χ2n) is 9.26. The number of sulfonamides is 2. The smallest absolute Gasteiger partial charge is 0.243 e. The SMILES string of the molecule is CCN(CC)S(=O)(=O)c1ccc(S(=O)(=O)N2CCCC(C(=O)N3CC4(CCOC4)C3)C2)cc1. The molecule has 0 bridgehead atoms. The highest BCUT2D eigenvalue weighted by Crippen LogP contribution is 2.39. The fraction of sp³-hybridized carbons (Fsp3) is 0.682. The molecule has 4 rings (SSSR count). The molecule has 9 nitrogen and oxygen atoms in total. The molecule has 3 aliphatic rings. The van der Waals surface area contributed by atoms with Crippen molar-refractivity contribution in [3.63, 3.8) is 0 Å². The Morgan fingerprint density at radius 1 is 1.09 bits per heavy atom. The molecule has 0 aliphatic carbocycles. The van der Waals surface area contributed by atoms with Gasteiger partial charge >= 0.3 is 0 Å². The summed E-state index contributed by atoms with van der Waals surface area (Å²) in [6.45, 7) is 7.53. The minimum absolute atomic E-state index is 0.0214. The van der Waals surface area contributed by atoms with E-state index in [1.165, 1.54) is 32.9 Å². The van der Waals surface area contributed by atoms with Gasteiger partial charge in [-0.2, -0.15) is 8.61 Å². The number of hydrogen-bond donors (Lipinski definition) is 0. The third-order valence-corrected chi connectivity index (χ3v) is 11.0. The third-order valence-electron chi connectivity index (χ3n) is 7.09. The number of ether oxygens (including phenoxy) is 1. The summed E-state index contributed by atoms with van der Waals surface area (Å²) in [5.41, 5.74) is 0.101. The van der Waals surface area contributed by atoms with Crippen LogP contribution >= 0.6 is 0 Å². The van der Waals surface area contributed by atoms with Gasteiger partial charge in [-0.3, -0.25) is 4.79 Å². The van der Waals surface area contributed by atoms with Crippen molar-refractivity contribution in [2.75, 3.05) is 52.5 Å². The minimum Gasteiger partial charge on any atom is -0.381 e. The van der Waals surface area contributed by atoms with E-state index >= 15 is 0 Å². The number of piperidine rings is 1. The van der Waals surface area contributed by atoms with Crippen LogP contribution in [0.4, 0.5) is 0 Å². The Kier molecular flexibility index (Phi) is 6.90. The van der Waals surface area contributed by atoms with Crippen molar-refractivity contribution in [1.82, 2.24) is 13.5 Å². The molecule has 3 heterocycles. The Labute approximate surface area is 196 Å². The van der Waals surface area contributed by atoms with Crippen molar-refractivity contribution in [2.45, 2.75) is 42.9 Å². The van der Waals surface area contributed by atoms with Crippen LogP contribution in [0.15, 0.2) is 34.1 Å². The number of rotatable bonds is 7. The van der Waals surface area contributed by atoms with Crippen LogP contribution in [-0.2, 0) is 29.6 Å². The molecule has 0 saturated carbocycles. The van der Waals surface area contributed by atoms with E-state index in [9.17, 15) is 21.6 Å². The van der Waals surface area contributed by atoms with Gasteiger partial charge in [-0.1, -0.05) is 13.8 Å². The van der Waals surface area contributed by atoms with Crippen LogP contribution in [0.5, 0.6) is 0 Å². The summed E-state index contributed by atoms with van der Waals surface area (Å²) in [5, 5.41) is 0. The van der Waals surface area contributed by atoms with Crippen molar-refractivity contribution in [3.05, 3.63) is 24.3 Å². The largest absolute Gasteiger partial charge is 0.381 e. The second kappa shape index (κ2) is 9.26. The maximum atomic E-state index is 13.2. The zero-order chi connectivity index (χ0) is 23.9. The Balaban J connectivity index is 1.44. The van der Waals surface area contributed by atoms with E-state index in [-0.39, 0.29) is 33.6 Å². The lowest BCUT2D eigenvalue weighted by Gasteiger charge is -2.49. The predicted octanol–water partition coefficient (Wildman–Crippen LogP) is 1.37. The maximum absolute atomic E-state index is 13.2. The Morgan fingerprint density at radius 3 is 2.30 bits per heavy atom. The molecule has 1 atom stereocenters. The standard InChI is InChI=1S/C22H33N3O6S2/c1-3-24(4-2)32(27,28)19-7-9-20(10-8-19)33(29,30)25-12-5-6-18(14-25)21(26)23-15-22(16-23)11-13-31-17-22/h7-10,18H,3-6,11-17H2,1-2H3. The number of carbonyl (C=O) groups excluding carboxylic acids is 1. The maximum Gasteiger partial charge on any atom is 0.243 e. The van der Waals surface area contributed by atoms with Crippen LogP contribution in [0.3, 0.4) is 0 Å². The summed E-state index contributed by atoms with van der Waals surface area (Å²) in [4.78, 5) is 14.9. The van der Waals surface area contributed by atoms with E-state index in [0.29, 0.717) is 52.2 Å². The first-order valence-electron chi connectivity index (χ1n) is 11.6. The van der Waals surface area contributed by atoms with Crippen LogP contribution in [-0.4, -0.2) is 88.7 Å². The van der Waals surface area contributed by atoms with E-state index in [1.54, 1.807) is 13.8 Å². The molecule has 3 saturated heterocycles. The molecule has 3 aliphatic heterocycles. The van der Waals surface area contributed by atoms with Gasteiger partial charge in [0.05, 0.1) is 22.3 Å². The minimum atomic E-state index is -3.82. The van der Waals surface area contributed by atoms with Gasteiger partial charge in [0.25, 0.3) is 0 Å². The highest BCUT2D eigenvalue weighted by molar-refractivity contribution is 7.89. The first-order valence-corrected chi connectivity index (χ1v) is 14.5. The van der Waals surface area contributed by atoms with Crippen molar-refractivity contribution >= 4 is 26.0 Å². The molecule has 1 amide bonds. The Hall–Kier alpha value is -1.53. The average Bonchev–Trinajstić information content (AvgIpc) is 3.29. The van der Waals surface area contributed by atoms with E-state index in [0.717, 1.165) is 13.0 Å². The predicted molar refractivity (Wildman–Crippen MR) is 122 cm³/mol. The van der Waals surface area contributed by atoms with Crippen LogP contribution in [0.2, 0.25) is 0 Å². The molecule has 184 valence electrons. The molecule has 0 N–H and O–H groups in total. The van der Waals surface area contributed by atoms with E-state index in [2.05, 4.69) is 0 Å². The summed E-state index contributed by atoms with van der Waals surface area (Å²) < 4.78 is 60.0. The first kappa shape index (κ1) is 24.6. The van der Waals surface area contributed by atoms with Crippen molar-refractivity contribution < 1.29 is 26.4 Å². The molecule has 1 spiro atoms. The highest BCUT2D eigenvalue weighted by atomic mass is 32.2. The van der Waals surface area contributed by atoms with Gasteiger partial charge in [-0.25, -0.2) is 16.8 Å². The molecular formula is C22H33N3O6S2. The summed E-state index contributed by atoms with van der Waals surface area (Å²) >= 11 is 0. The fourth-order valence-electron chi connectivity index (χ4n) is 5.08. The molecule has 3 fully saturated rings. The molecule has 1 aromatic rings. The summed E-state index contributed by atoms with van der Waals surface area (Å²) in [6.07, 6.45) is 2.26. The second-order valence-corrected chi connectivity index (χ2v) is 13.1. The molecular weight excluding hydrogens is 466 g/mol. The topological polar surface area (TPSA) is 104 Å². The van der Waals surface area contributed by atoms with E-state index in [1.807, 2.05) is 4.90 Å². The quantitative estimate of drug-likeness (QED) is 0.561. The molecule has 33 heavy (non-hydrogen) atoms. The number of amides is 1. The Morgan fingerprint density at radius 2 is 1.73 bits per heavy atom. The van der Waals surface area contributed by atoms with Crippen molar-refractivity contribution in [2.24, 2.45) is 11.3 Å². The summed E-state index contributed by atoms with van der Waals surface area (Å²) in [6, 6.07) is 5.37. The highest BCUT2D eigenvalue weighted by Gasteiger charge is 2.49. The number of hydrogen-bond acceptors (Lipinski definition) is 6.